The first-order valence-electron chi connectivity index (χ1n) is 7.13. The van der Waals surface area contributed by atoms with E-state index in [4.69, 9.17) is 5.26 Å². The van der Waals surface area contributed by atoms with Gasteiger partial charge in [0.05, 0.1) is 19.0 Å². The molecule has 18 heavy (non-hydrogen) atoms. The fourth-order valence-corrected chi connectivity index (χ4v) is 2.62. The highest BCUT2D eigenvalue weighted by atomic mass is 16.1. The van der Waals surface area contributed by atoms with Gasteiger partial charge < -0.3 is 10.6 Å². The molecule has 102 valence electrons. The number of nitriles is 1. The first-order chi connectivity index (χ1) is 8.76. The minimum atomic E-state index is 0.000863. The molecule has 0 aromatic carbocycles. The Labute approximate surface area is 110 Å². The van der Waals surface area contributed by atoms with E-state index >= 15 is 0 Å². The summed E-state index contributed by atoms with van der Waals surface area (Å²) in [5, 5.41) is 14.4. The summed E-state index contributed by atoms with van der Waals surface area (Å²) in [6.07, 6.45) is 7.98. The summed E-state index contributed by atoms with van der Waals surface area (Å²) < 4.78 is 0. The standard InChI is InChI=1S/C14H25N3O/c1-2-4-12-5-7-13(8-6-12)17-11-14(18)16-10-3-9-15/h12-13,17H,2-8,10-11H2,1H3,(H,16,18). The average molecular weight is 251 g/mol. The number of hydrogen-bond donors (Lipinski definition) is 2. The Bertz CT molecular complexity index is 277. The lowest BCUT2D eigenvalue weighted by Gasteiger charge is -2.28. The van der Waals surface area contributed by atoms with E-state index in [1.54, 1.807) is 0 Å². The topological polar surface area (TPSA) is 64.9 Å². The number of amides is 1. The molecule has 1 aliphatic rings. The van der Waals surface area contributed by atoms with Gasteiger partial charge >= 0.3 is 0 Å². The zero-order valence-corrected chi connectivity index (χ0v) is 11.4. The Balaban J connectivity index is 2.07. The summed E-state index contributed by atoms with van der Waals surface area (Å²) in [6.45, 7) is 3.09. The van der Waals surface area contributed by atoms with Crippen molar-refractivity contribution in [3.63, 3.8) is 0 Å². The molecule has 0 aromatic heterocycles. The van der Waals surface area contributed by atoms with Crippen molar-refractivity contribution in [2.24, 2.45) is 5.92 Å². The SMILES string of the molecule is CCCC1CCC(NCC(=O)NCCC#N)CC1. The van der Waals surface area contributed by atoms with Crippen LogP contribution in [0, 0.1) is 17.2 Å². The zero-order valence-electron chi connectivity index (χ0n) is 11.4. The summed E-state index contributed by atoms with van der Waals surface area (Å²) in [6, 6.07) is 2.51. The monoisotopic (exact) mass is 251 g/mol. The lowest BCUT2D eigenvalue weighted by molar-refractivity contribution is -0.120. The molecule has 4 nitrogen and oxygen atoms in total. The Morgan fingerprint density at radius 3 is 2.67 bits per heavy atom. The van der Waals surface area contributed by atoms with E-state index in [-0.39, 0.29) is 5.91 Å². The molecule has 1 aliphatic carbocycles. The van der Waals surface area contributed by atoms with Gasteiger partial charge in [-0.25, -0.2) is 0 Å². The highest BCUT2D eigenvalue weighted by Crippen LogP contribution is 2.27. The van der Waals surface area contributed by atoms with Gasteiger partial charge in [-0.15, -0.1) is 0 Å². The van der Waals surface area contributed by atoms with Gasteiger partial charge in [-0.3, -0.25) is 4.79 Å². The second-order valence-electron chi connectivity index (χ2n) is 5.15. The summed E-state index contributed by atoms with van der Waals surface area (Å²) in [7, 11) is 0. The smallest absolute Gasteiger partial charge is 0.233 e. The van der Waals surface area contributed by atoms with E-state index in [0.717, 1.165) is 5.92 Å². The summed E-state index contributed by atoms with van der Waals surface area (Å²) in [4.78, 5) is 11.4. The zero-order chi connectivity index (χ0) is 13.2. The molecular formula is C14H25N3O. The fraction of sp³-hybridized carbons (Fsp3) is 0.857. The van der Waals surface area contributed by atoms with Crippen molar-refractivity contribution < 1.29 is 4.79 Å². The molecule has 1 fully saturated rings. The Morgan fingerprint density at radius 1 is 1.33 bits per heavy atom. The van der Waals surface area contributed by atoms with Crippen LogP contribution in [0.2, 0.25) is 0 Å². The highest BCUT2D eigenvalue weighted by molar-refractivity contribution is 5.77. The third-order valence-electron chi connectivity index (χ3n) is 3.65. The van der Waals surface area contributed by atoms with Gasteiger partial charge in [0, 0.05) is 12.6 Å². The molecule has 0 aromatic rings. The van der Waals surface area contributed by atoms with Gasteiger partial charge in [0.15, 0.2) is 0 Å². The molecule has 2 N–H and O–H groups in total. The third kappa shape index (κ3) is 6.02. The van der Waals surface area contributed by atoms with E-state index in [0.29, 0.717) is 25.6 Å². The highest BCUT2D eigenvalue weighted by Gasteiger charge is 2.20. The Kier molecular flexibility index (Phi) is 7.43. The number of carbonyl (C=O) groups is 1. The molecule has 0 heterocycles. The lowest BCUT2D eigenvalue weighted by Crippen LogP contribution is -2.41. The fourth-order valence-electron chi connectivity index (χ4n) is 2.62. The van der Waals surface area contributed by atoms with Crippen LogP contribution in [0.15, 0.2) is 0 Å². The predicted molar refractivity (Wildman–Crippen MR) is 71.9 cm³/mol. The van der Waals surface area contributed by atoms with Gasteiger partial charge in [-0.2, -0.15) is 5.26 Å². The van der Waals surface area contributed by atoms with Gasteiger partial charge in [0.1, 0.15) is 0 Å². The van der Waals surface area contributed by atoms with Crippen LogP contribution in [-0.2, 0) is 4.79 Å². The van der Waals surface area contributed by atoms with Crippen molar-refractivity contribution in [1.29, 1.82) is 5.26 Å². The molecule has 1 saturated carbocycles. The van der Waals surface area contributed by atoms with E-state index in [9.17, 15) is 4.79 Å². The van der Waals surface area contributed by atoms with Gasteiger partial charge in [-0.05, 0) is 31.6 Å². The van der Waals surface area contributed by atoms with Crippen molar-refractivity contribution in [3.8, 4) is 6.07 Å². The second kappa shape index (κ2) is 8.93. The van der Waals surface area contributed by atoms with E-state index in [2.05, 4.69) is 17.6 Å². The van der Waals surface area contributed by atoms with Gasteiger partial charge in [0.2, 0.25) is 5.91 Å². The molecule has 0 spiro atoms. The maximum absolute atomic E-state index is 11.4. The van der Waals surface area contributed by atoms with Gasteiger partial charge in [0.25, 0.3) is 0 Å². The van der Waals surface area contributed by atoms with E-state index < -0.39 is 0 Å². The summed E-state index contributed by atoms with van der Waals surface area (Å²) >= 11 is 0. The van der Waals surface area contributed by atoms with Crippen LogP contribution in [0.5, 0.6) is 0 Å². The first kappa shape index (κ1) is 15.0. The molecule has 1 rings (SSSR count). The largest absolute Gasteiger partial charge is 0.354 e. The quantitative estimate of drug-likeness (QED) is 0.680. The molecule has 0 bridgehead atoms. The van der Waals surface area contributed by atoms with Gasteiger partial charge in [-0.1, -0.05) is 19.8 Å². The number of carbonyl (C=O) groups excluding carboxylic acids is 1. The predicted octanol–water partition coefficient (Wildman–Crippen LogP) is 1.96. The van der Waals surface area contributed by atoms with Crippen molar-refractivity contribution in [2.75, 3.05) is 13.1 Å². The minimum absolute atomic E-state index is 0.000863. The Morgan fingerprint density at radius 2 is 2.06 bits per heavy atom. The molecule has 4 heteroatoms. The number of hydrogen-bond acceptors (Lipinski definition) is 3. The number of nitrogens with one attached hydrogen (secondary N) is 2. The van der Waals surface area contributed by atoms with Crippen molar-refractivity contribution >= 4 is 5.91 Å². The van der Waals surface area contributed by atoms with Crippen molar-refractivity contribution in [1.82, 2.24) is 10.6 Å². The van der Waals surface area contributed by atoms with Crippen molar-refractivity contribution in [3.05, 3.63) is 0 Å². The average Bonchev–Trinajstić information content (AvgIpc) is 2.39. The molecule has 0 unspecified atom stereocenters. The second-order valence-corrected chi connectivity index (χ2v) is 5.15. The molecule has 1 amide bonds. The number of nitrogens with zero attached hydrogens (tertiary/aromatic N) is 1. The van der Waals surface area contributed by atoms with Crippen LogP contribution in [-0.4, -0.2) is 25.0 Å². The third-order valence-corrected chi connectivity index (χ3v) is 3.65. The van der Waals surface area contributed by atoms with Crippen LogP contribution in [0.4, 0.5) is 0 Å². The summed E-state index contributed by atoms with van der Waals surface area (Å²) in [5.41, 5.74) is 0. The maximum atomic E-state index is 11.4. The van der Waals surface area contributed by atoms with E-state index in [1.165, 1.54) is 38.5 Å². The van der Waals surface area contributed by atoms with Crippen LogP contribution < -0.4 is 10.6 Å². The molecular weight excluding hydrogens is 226 g/mol. The minimum Gasteiger partial charge on any atom is -0.354 e. The van der Waals surface area contributed by atoms with Crippen molar-refractivity contribution in [2.45, 2.75) is 57.9 Å². The van der Waals surface area contributed by atoms with Crippen LogP contribution in [0.25, 0.3) is 0 Å². The lowest BCUT2D eigenvalue weighted by atomic mass is 9.83. The molecule has 0 atom stereocenters. The van der Waals surface area contributed by atoms with Crippen LogP contribution in [0.1, 0.15) is 51.9 Å². The molecule has 0 radical (unpaired) electrons. The normalized spacial score (nSPS) is 23.3. The maximum Gasteiger partial charge on any atom is 0.233 e. The van der Waals surface area contributed by atoms with Crippen LogP contribution in [0.3, 0.4) is 0 Å². The Hall–Kier alpha value is -1.08. The number of rotatable bonds is 7. The van der Waals surface area contributed by atoms with Crippen LogP contribution >= 0.6 is 0 Å². The molecule has 0 saturated heterocycles. The molecule has 0 aliphatic heterocycles. The summed E-state index contributed by atoms with van der Waals surface area (Å²) in [5.74, 6) is 0.901. The first-order valence-corrected chi connectivity index (χ1v) is 7.13. The van der Waals surface area contributed by atoms with E-state index in [1.807, 2.05) is 6.07 Å².